The van der Waals surface area contributed by atoms with Gasteiger partial charge in [0.15, 0.2) is 0 Å². The average Bonchev–Trinajstić information content (AvgIpc) is 2.93. The van der Waals surface area contributed by atoms with Gasteiger partial charge in [0.05, 0.1) is 7.11 Å². The molecule has 20 heavy (non-hydrogen) atoms. The summed E-state index contributed by atoms with van der Waals surface area (Å²) in [6.45, 7) is 1.04. The number of nitrogens with zero attached hydrogens (tertiary/aromatic N) is 1. The SMILES string of the molecule is COc1cccc(C(N)=S)c1NS(=O)(=O)N1CCCC1. The molecule has 2 rings (SSSR count). The third-order valence-electron chi connectivity index (χ3n) is 3.15. The molecule has 1 heterocycles. The number of hydrogen-bond acceptors (Lipinski definition) is 4. The summed E-state index contributed by atoms with van der Waals surface area (Å²) in [5.41, 5.74) is 6.37. The van der Waals surface area contributed by atoms with Gasteiger partial charge in [0.2, 0.25) is 0 Å². The van der Waals surface area contributed by atoms with Crippen molar-refractivity contribution in [2.75, 3.05) is 24.9 Å². The molecule has 1 aliphatic rings. The van der Waals surface area contributed by atoms with Crippen LogP contribution in [0.3, 0.4) is 0 Å². The monoisotopic (exact) mass is 315 g/mol. The maximum atomic E-state index is 12.3. The van der Waals surface area contributed by atoms with Gasteiger partial charge < -0.3 is 10.5 Å². The molecule has 8 heteroatoms. The largest absolute Gasteiger partial charge is 0.495 e. The number of para-hydroxylation sites is 1. The number of hydrogen-bond donors (Lipinski definition) is 2. The van der Waals surface area contributed by atoms with Crippen LogP contribution in [-0.2, 0) is 10.2 Å². The summed E-state index contributed by atoms with van der Waals surface area (Å²) in [6, 6.07) is 5.03. The third kappa shape index (κ3) is 3.02. The van der Waals surface area contributed by atoms with Crippen molar-refractivity contribution in [1.29, 1.82) is 0 Å². The fourth-order valence-corrected chi connectivity index (χ4v) is 3.64. The number of ether oxygens (including phenoxy) is 1. The van der Waals surface area contributed by atoms with Crippen molar-refractivity contribution < 1.29 is 13.2 Å². The smallest absolute Gasteiger partial charge is 0.301 e. The maximum absolute atomic E-state index is 12.3. The van der Waals surface area contributed by atoms with Crippen LogP contribution in [0.2, 0.25) is 0 Å². The third-order valence-corrected chi connectivity index (χ3v) is 4.87. The van der Waals surface area contributed by atoms with Crippen LogP contribution in [0.5, 0.6) is 5.75 Å². The van der Waals surface area contributed by atoms with Crippen molar-refractivity contribution in [1.82, 2.24) is 4.31 Å². The molecule has 0 aromatic heterocycles. The normalized spacial score (nSPS) is 16.1. The van der Waals surface area contributed by atoms with Crippen molar-refractivity contribution in [2.45, 2.75) is 12.8 Å². The molecule has 1 aromatic rings. The number of nitrogens with one attached hydrogen (secondary N) is 1. The maximum Gasteiger partial charge on any atom is 0.301 e. The van der Waals surface area contributed by atoms with Gasteiger partial charge in [-0.2, -0.15) is 12.7 Å². The predicted octanol–water partition coefficient (Wildman–Crippen LogP) is 1.08. The number of benzene rings is 1. The molecule has 0 spiro atoms. The highest BCUT2D eigenvalue weighted by molar-refractivity contribution is 7.90. The average molecular weight is 315 g/mol. The zero-order valence-electron chi connectivity index (χ0n) is 11.1. The zero-order valence-corrected chi connectivity index (χ0v) is 12.8. The Balaban J connectivity index is 2.39. The van der Waals surface area contributed by atoms with Gasteiger partial charge in [0.25, 0.3) is 0 Å². The molecule has 0 bridgehead atoms. The minimum absolute atomic E-state index is 0.114. The molecule has 3 N–H and O–H groups in total. The Hall–Kier alpha value is -1.38. The Morgan fingerprint density at radius 3 is 2.60 bits per heavy atom. The first-order valence-electron chi connectivity index (χ1n) is 6.20. The van der Waals surface area contributed by atoms with Gasteiger partial charge in [-0.15, -0.1) is 0 Å². The van der Waals surface area contributed by atoms with Crippen molar-refractivity contribution >= 4 is 33.1 Å². The first kappa shape index (κ1) is 15.0. The van der Waals surface area contributed by atoms with E-state index < -0.39 is 10.2 Å². The number of thiocarbonyl (C=S) groups is 1. The van der Waals surface area contributed by atoms with Crippen molar-refractivity contribution in [3.63, 3.8) is 0 Å². The van der Waals surface area contributed by atoms with E-state index in [0.29, 0.717) is 24.4 Å². The first-order chi connectivity index (χ1) is 9.45. The lowest BCUT2D eigenvalue weighted by Gasteiger charge is -2.20. The van der Waals surface area contributed by atoms with E-state index in [1.54, 1.807) is 18.2 Å². The van der Waals surface area contributed by atoms with Gasteiger partial charge >= 0.3 is 10.2 Å². The summed E-state index contributed by atoms with van der Waals surface area (Å²) in [7, 11) is -2.15. The molecule has 0 amide bonds. The van der Waals surface area contributed by atoms with E-state index in [0.717, 1.165) is 12.8 Å². The minimum Gasteiger partial charge on any atom is -0.495 e. The van der Waals surface area contributed by atoms with Crippen LogP contribution in [0.4, 0.5) is 5.69 Å². The number of nitrogens with two attached hydrogens (primary N) is 1. The second-order valence-electron chi connectivity index (χ2n) is 4.46. The summed E-state index contributed by atoms with van der Waals surface area (Å²) >= 11 is 4.95. The molecule has 0 saturated carbocycles. The molecular weight excluding hydrogens is 298 g/mol. The van der Waals surface area contributed by atoms with E-state index in [-0.39, 0.29) is 10.7 Å². The highest BCUT2D eigenvalue weighted by Crippen LogP contribution is 2.30. The lowest BCUT2D eigenvalue weighted by molar-refractivity contribution is 0.416. The summed E-state index contributed by atoms with van der Waals surface area (Å²) in [4.78, 5) is 0.114. The van der Waals surface area contributed by atoms with E-state index in [1.807, 2.05) is 0 Å². The lowest BCUT2D eigenvalue weighted by Crippen LogP contribution is -2.34. The van der Waals surface area contributed by atoms with E-state index >= 15 is 0 Å². The van der Waals surface area contributed by atoms with Gasteiger partial charge in [-0.1, -0.05) is 18.3 Å². The highest BCUT2D eigenvalue weighted by Gasteiger charge is 2.27. The molecular formula is C12H17N3O3S2. The number of methoxy groups -OCH3 is 1. The van der Waals surface area contributed by atoms with Gasteiger partial charge in [0, 0.05) is 18.7 Å². The molecule has 0 aliphatic carbocycles. The first-order valence-corrected chi connectivity index (χ1v) is 8.05. The number of anilines is 1. The molecule has 1 fully saturated rings. The molecule has 110 valence electrons. The van der Waals surface area contributed by atoms with E-state index in [4.69, 9.17) is 22.7 Å². The minimum atomic E-state index is -3.61. The van der Waals surface area contributed by atoms with E-state index in [1.165, 1.54) is 11.4 Å². The summed E-state index contributed by atoms with van der Waals surface area (Å²) in [5, 5.41) is 0. The second-order valence-corrected chi connectivity index (χ2v) is 6.57. The van der Waals surface area contributed by atoms with Crippen LogP contribution in [0, 0.1) is 0 Å². The Kier molecular flexibility index (Phi) is 4.46. The van der Waals surface area contributed by atoms with E-state index in [2.05, 4.69) is 4.72 Å². The summed E-state index contributed by atoms with van der Waals surface area (Å²) in [6.07, 6.45) is 1.74. The molecule has 1 aromatic carbocycles. The fraction of sp³-hybridized carbons (Fsp3) is 0.417. The quantitative estimate of drug-likeness (QED) is 0.794. The Labute approximate surface area is 124 Å². The van der Waals surface area contributed by atoms with Crippen molar-refractivity contribution in [3.8, 4) is 5.75 Å². The lowest BCUT2D eigenvalue weighted by atomic mass is 10.1. The predicted molar refractivity (Wildman–Crippen MR) is 82.2 cm³/mol. The Morgan fingerprint density at radius 1 is 1.40 bits per heavy atom. The fourth-order valence-electron chi connectivity index (χ4n) is 2.13. The molecule has 1 saturated heterocycles. The van der Waals surface area contributed by atoms with Gasteiger partial charge in [0.1, 0.15) is 16.4 Å². The molecule has 0 atom stereocenters. The van der Waals surface area contributed by atoms with Gasteiger partial charge in [-0.05, 0) is 25.0 Å². The Bertz CT molecular complexity index is 610. The van der Waals surface area contributed by atoms with Crippen molar-refractivity contribution in [2.24, 2.45) is 5.73 Å². The number of rotatable bonds is 5. The van der Waals surface area contributed by atoms with Crippen molar-refractivity contribution in [3.05, 3.63) is 23.8 Å². The standard InChI is InChI=1S/C12H17N3O3S2/c1-18-10-6-4-5-9(12(13)19)11(10)14-20(16,17)15-7-2-3-8-15/h4-6,14H,2-3,7-8H2,1H3,(H2,13,19). The van der Waals surface area contributed by atoms with Crippen LogP contribution in [0.15, 0.2) is 18.2 Å². The zero-order chi connectivity index (χ0) is 14.8. The van der Waals surface area contributed by atoms with Crippen LogP contribution in [0.25, 0.3) is 0 Å². The Morgan fingerprint density at radius 2 is 2.05 bits per heavy atom. The van der Waals surface area contributed by atoms with Gasteiger partial charge in [-0.25, -0.2) is 0 Å². The topological polar surface area (TPSA) is 84.7 Å². The summed E-state index contributed by atoms with van der Waals surface area (Å²) < 4.78 is 33.8. The van der Waals surface area contributed by atoms with Gasteiger partial charge in [-0.3, -0.25) is 4.72 Å². The highest BCUT2D eigenvalue weighted by atomic mass is 32.2. The molecule has 6 nitrogen and oxygen atoms in total. The van der Waals surface area contributed by atoms with Crippen LogP contribution in [-0.4, -0.2) is 37.9 Å². The molecule has 0 unspecified atom stereocenters. The van der Waals surface area contributed by atoms with Crippen LogP contribution < -0.4 is 15.2 Å². The van der Waals surface area contributed by atoms with Crippen LogP contribution >= 0.6 is 12.2 Å². The summed E-state index contributed by atoms with van der Waals surface area (Å²) in [5.74, 6) is 0.387. The van der Waals surface area contributed by atoms with E-state index in [9.17, 15) is 8.42 Å². The molecule has 0 radical (unpaired) electrons. The second kappa shape index (κ2) is 5.94. The molecule has 1 aliphatic heterocycles. The van der Waals surface area contributed by atoms with Crippen LogP contribution in [0.1, 0.15) is 18.4 Å².